The van der Waals surface area contributed by atoms with E-state index in [0.29, 0.717) is 0 Å². The highest BCUT2D eigenvalue weighted by atomic mass is 16.5. The van der Waals surface area contributed by atoms with Gasteiger partial charge in [-0.3, -0.25) is 9.69 Å². The van der Waals surface area contributed by atoms with Gasteiger partial charge in [0.05, 0.1) is 13.2 Å². The summed E-state index contributed by atoms with van der Waals surface area (Å²) in [5, 5.41) is 7.42. The summed E-state index contributed by atoms with van der Waals surface area (Å²) in [7, 11) is 0. The third kappa shape index (κ3) is 17.4. The molecule has 132 valence electrons. The highest BCUT2D eigenvalue weighted by Crippen LogP contribution is 2.11. The Morgan fingerprint density at radius 1 is 0.909 bits per heavy atom. The molecule has 4 heteroatoms. The zero-order valence-corrected chi connectivity index (χ0v) is 14.8. The Labute approximate surface area is 137 Å². The third-order valence-corrected chi connectivity index (χ3v) is 3.93. The van der Waals surface area contributed by atoms with Gasteiger partial charge in [-0.15, -0.1) is 0 Å². The number of ether oxygens (including phenoxy) is 1. The van der Waals surface area contributed by atoms with E-state index in [0.717, 1.165) is 33.2 Å². The maximum absolute atomic E-state index is 9.00. The van der Waals surface area contributed by atoms with Gasteiger partial charge in [-0.25, -0.2) is 0 Å². The van der Waals surface area contributed by atoms with Gasteiger partial charge in [0.15, 0.2) is 0 Å². The number of hydrogen-bond donors (Lipinski definition) is 1. The van der Waals surface area contributed by atoms with Crippen molar-refractivity contribution in [2.45, 2.75) is 78.1 Å². The summed E-state index contributed by atoms with van der Waals surface area (Å²) in [6.45, 7) is 8.85. The fourth-order valence-corrected chi connectivity index (χ4v) is 2.65. The first-order valence-electron chi connectivity index (χ1n) is 9.16. The van der Waals surface area contributed by atoms with Crippen molar-refractivity contribution in [1.29, 1.82) is 0 Å². The van der Waals surface area contributed by atoms with E-state index in [1.807, 2.05) is 0 Å². The molecule has 0 atom stereocenters. The molecule has 0 radical (unpaired) electrons. The molecule has 1 aliphatic rings. The first-order valence-corrected chi connectivity index (χ1v) is 9.16. The molecule has 4 nitrogen and oxygen atoms in total. The van der Waals surface area contributed by atoms with Gasteiger partial charge in [-0.2, -0.15) is 0 Å². The topological polar surface area (TPSA) is 49.8 Å². The van der Waals surface area contributed by atoms with Crippen LogP contribution in [-0.4, -0.2) is 48.8 Å². The van der Waals surface area contributed by atoms with Crippen LogP contribution in [0.25, 0.3) is 0 Å². The molecule has 1 aliphatic heterocycles. The molecule has 1 heterocycles. The van der Waals surface area contributed by atoms with Crippen molar-refractivity contribution in [3.8, 4) is 0 Å². The quantitative estimate of drug-likeness (QED) is 0.577. The minimum absolute atomic E-state index is 0.833. The molecule has 0 aliphatic carbocycles. The zero-order valence-electron chi connectivity index (χ0n) is 14.8. The number of aliphatic carboxylic acids is 1. The normalized spacial score (nSPS) is 15.2. The molecule has 0 aromatic heterocycles. The average molecular weight is 315 g/mol. The lowest BCUT2D eigenvalue weighted by Crippen LogP contribution is -2.36. The van der Waals surface area contributed by atoms with Crippen molar-refractivity contribution in [3.63, 3.8) is 0 Å². The van der Waals surface area contributed by atoms with Gasteiger partial charge in [0.1, 0.15) is 0 Å². The van der Waals surface area contributed by atoms with Crippen molar-refractivity contribution >= 4 is 5.97 Å². The van der Waals surface area contributed by atoms with Crippen LogP contribution in [0.4, 0.5) is 0 Å². The molecule has 0 aromatic carbocycles. The van der Waals surface area contributed by atoms with E-state index >= 15 is 0 Å². The Hall–Kier alpha value is -0.610. The van der Waals surface area contributed by atoms with Gasteiger partial charge in [-0.1, -0.05) is 64.7 Å². The number of hydrogen-bond acceptors (Lipinski definition) is 3. The molecule has 1 rings (SSSR count). The molecular weight excluding hydrogens is 278 g/mol. The highest BCUT2D eigenvalue weighted by Gasteiger charge is 2.08. The fourth-order valence-electron chi connectivity index (χ4n) is 2.65. The summed E-state index contributed by atoms with van der Waals surface area (Å²) >= 11 is 0. The number of carbonyl (C=O) groups is 1. The second-order valence-electron chi connectivity index (χ2n) is 6.16. The van der Waals surface area contributed by atoms with Crippen molar-refractivity contribution in [2.75, 3.05) is 32.8 Å². The molecule has 0 bridgehead atoms. The Bertz CT molecular complexity index is 236. The van der Waals surface area contributed by atoms with Gasteiger partial charge in [0, 0.05) is 20.0 Å². The molecule has 0 spiro atoms. The minimum Gasteiger partial charge on any atom is -0.481 e. The van der Waals surface area contributed by atoms with Gasteiger partial charge in [-0.05, 0) is 13.0 Å². The Balaban J connectivity index is 0.000000980. The first kappa shape index (κ1) is 21.4. The van der Waals surface area contributed by atoms with Crippen molar-refractivity contribution < 1.29 is 14.6 Å². The van der Waals surface area contributed by atoms with Gasteiger partial charge >= 0.3 is 0 Å². The third-order valence-electron chi connectivity index (χ3n) is 3.93. The Kier molecular flexibility index (Phi) is 16.3. The number of nitrogens with zero attached hydrogens (tertiary/aromatic N) is 1. The van der Waals surface area contributed by atoms with E-state index in [9.17, 15) is 0 Å². The minimum atomic E-state index is -0.833. The second kappa shape index (κ2) is 16.8. The molecular formula is C18H37NO3. The molecule has 1 saturated heterocycles. The lowest BCUT2D eigenvalue weighted by molar-refractivity contribution is -0.134. The van der Waals surface area contributed by atoms with Crippen LogP contribution in [0, 0.1) is 0 Å². The lowest BCUT2D eigenvalue weighted by atomic mass is 10.1. The number of carboxylic acids is 1. The number of rotatable bonds is 11. The van der Waals surface area contributed by atoms with Gasteiger partial charge < -0.3 is 9.84 Å². The van der Waals surface area contributed by atoms with E-state index < -0.39 is 5.97 Å². The van der Waals surface area contributed by atoms with E-state index in [-0.39, 0.29) is 0 Å². The summed E-state index contributed by atoms with van der Waals surface area (Å²) in [5.74, 6) is -0.833. The standard InChI is InChI=1S/C16H33NO.C2H4O2/c1-2-3-4-5-6-7-8-9-10-11-12-17-13-15-18-16-14-17;1-2(3)4/h2-16H2,1H3;1H3,(H,3,4). The Morgan fingerprint density at radius 2 is 1.32 bits per heavy atom. The first-order chi connectivity index (χ1) is 10.7. The van der Waals surface area contributed by atoms with Crippen LogP contribution in [-0.2, 0) is 9.53 Å². The number of morpholine rings is 1. The second-order valence-corrected chi connectivity index (χ2v) is 6.16. The molecule has 0 saturated carbocycles. The largest absolute Gasteiger partial charge is 0.481 e. The van der Waals surface area contributed by atoms with Crippen molar-refractivity contribution in [1.82, 2.24) is 4.90 Å². The van der Waals surface area contributed by atoms with E-state index in [1.54, 1.807) is 0 Å². The Morgan fingerprint density at radius 3 is 1.77 bits per heavy atom. The van der Waals surface area contributed by atoms with Crippen LogP contribution in [0.15, 0.2) is 0 Å². The van der Waals surface area contributed by atoms with Crippen LogP contribution in [0.5, 0.6) is 0 Å². The highest BCUT2D eigenvalue weighted by molar-refractivity contribution is 5.62. The molecule has 1 fully saturated rings. The lowest BCUT2D eigenvalue weighted by Gasteiger charge is -2.26. The summed E-state index contributed by atoms with van der Waals surface area (Å²) in [6.07, 6.45) is 14.3. The van der Waals surface area contributed by atoms with Crippen LogP contribution >= 0.6 is 0 Å². The van der Waals surface area contributed by atoms with Crippen molar-refractivity contribution in [2.24, 2.45) is 0 Å². The monoisotopic (exact) mass is 315 g/mol. The van der Waals surface area contributed by atoms with Gasteiger partial charge in [0.2, 0.25) is 0 Å². The molecule has 1 N–H and O–H groups in total. The molecule has 0 unspecified atom stereocenters. The predicted molar refractivity (Wildman–Crippen MR) is 92.4 cm³/mol. The maximum atomic E-state index is 9.00. The van der Waals surface area contributed by atoms with E-state index in [2.05, 4.69) is 11.8 Å². The van der Waals surface area contributed by atoms with Crippen LogP contribution in [0.2, 0.25) is 0 Å². The van der Waals surface area contributed by atoms with E-state index in [4.69, 9.17) is 14.6 Å². The SMILES string of the molecule is CC(=O)O.CCCCCCCCCCCCN1CCOCC1. The average Bonchev–Trinajstić information content (AvgIpc) is 2.50. The van der Waals surface area contributed by atoms with E-state index in [1.165, 1.54) is 70.8 Å². The predicted octanol–water partition coefficient (Wildman–Crippen LogP) is 4.33. The summed E-state index contributed by atoms with van der Waals surface area (Å²) < 4.78 is 5.36. The summed E-state index contributed by atoms with van der Waals surface area (Å²) in [5.41, 5.74) is 0. The number of unbranched alkanes of at least 4 members (excludes halogenated alkanes) is 9. The van der Waals surface area contributed by atoms with Crippen LogP contribution in [0.3, 0.4) is 0 Å². The zero-order chi connectivity index (χ0) is 16.5. The molecule has 0 aromatic rings. The van der Waals surface area contributed by atoms with Crippen LogP contribution in [0.1, 0.15) is 78.1 Å². The van der Waals surface area contributed by atoms with Crippen molar-refractivity contribution in [3.05, 3.63) is 0 Å². The van der Waals surface area contributed by atoms with Crippen LogP contribution < -0.4 is 0 Å². The maximum Gasteiger partial charge on any atom is 0.300 e. The molecule has 0 amide bonds. The van der Waals surface area contributed by atoms with Gasteiger partial charge in [0.25, 0.3) is 5.97 Å². The summed E-state index contributed by atoms with van der Waals surface area (Å²) in [6, 6.07) is 0. The smallest absolute Gasteiger partial charge is 0.300 e. The fraction of sp³-hybridized carbons (Fsp3) is 0.944. The molecule has 22 heavy (non-hydrogen) atoms. The summed E-state index contributed by atoms with van der Waals surface area (Å²) in [4.78, 5) is 11.5. The number of carboxylic acid groups (broad SMARTS) is 1.